The number of aromatic nitrogens is 3. The predicted octanol–water partition coefficient (Wildman–Crippen LogP) is 3.37. The Bertz CT molecular complexity index is 802. The van der Waals surface area contributed by atoms with Crippen molar-refractivity contribution in [1.29, 1.82) is 0 Å². The highest BCUT2D eigenvalue weighted by Gasteiger charge is 2.25. The van der Waals surface area contributed by atoms with Crippen LogP contribution in [-0.2, 0) is 6.54 Å². The lowest BCUT2D eigenvalue weighted by Crippen LogP contribution is -2.24. The van der Waals surface area contributed by atoms with E-state index in [0.29, 0.717) is 11.0 Å². The van der Waals surface area contributed by atoms with Gasteiger partial charge in [0.05, 0.1) is 6.20 Å². The number of nitrogens with one attached hydrogen (secondary N) is 1. The Labute approximate surface area is 144 Å². The van der Waals surface area contributed by atoms with Gasteiger partial charge in [0.2, 0.25) is 0 Å². The second-order valence-corrected chi connectivity index (χ2v) is 6.19. The van der Waals surface area contributed by atoms with Crippen LogP contribution in [0, 0.1) is 0 Å². The van der Waals surface area contributed by atoms with Crippen molar-refractivity contribution in [3.63, 3.8) is 0 Å². The van der Waals surface area contributed by atoms with Crippen molar-refractivity contribution in [3.8, 4) is 17.2 Å². The van der Waals surface area contributed by atoms with Crippen molar-refractivity contribution in [2.75, 3.05) is 13.1 Å². The molecule has 6 nitrogen and oxygen atoms in total. The standard InChI is InChI=1S/C17H17ClN4O2/c18-16-2-1-15(24-16)17-12(9-20-21-17)10-22-8-5-14(11-22)23-13-3-6-19-7-4-13/h1-4,6-7,9,14H,5,8,10-11H2,(H,20,21). The van der Waals surface area contributed by atoms with Crippen molar-refractivity contribution in [1.82, 2.24) is 20.1 Å². The van der Waals surface area contributed by atoms with Crippen LogP contribution in [0.1, 0.15) is 12.0 Å². The Balaban J connectivity index is 1.40. The Hall–Kier alpha value is -2.31. The van der Waals surface area contributed by atoms with Crippen LogP contribution in [0.25, 0.3) is 11.5 Å². The van der Waals surface area contributed by atoms with Crippen molar-refractivity contribution in [2.45, 2.75) is 19.1 Å². The number of rotatable bonds is 5. The highest BCUT2D eigenvalue weighted by atomic mass is 35.5. The van der Waals surface area contributed by atoms with Crippen LogP contribution in [0.15, 0.2) is 47.3 Å². The molecule has 0 aromatic carbocycles. The number of furan rings is 1. The molecule has 4 rings (SSSR count). The first-order valence-corrected chi connectivity index (χ1v) is 8.23. The second-order valence-electron chi connectivity index (χ2n) is 5.82. The van der Waals surface area contributed by atoms with Gasteiger partial charge < -0.3 is 9.15 Å². The smallest absolute Gasteiger partial charge is 0.194 e. The molecule has 1 aliphatic rings. The fourth-order valence-corrected chi connectivity index (χ4v) is 3.13. The highest BCUT2D eigenvalue weighted by Crippen LogP contribution is 2.27. The Morgan fingerprint density at radius 2 is 2.17 bits per heavy atom. The molecule has 1 unspecified atom stereocenters. The molecule has 1 saturated heterocycles. The van der Waals surface area contributed by atoms with E-state index in [9.17, 15) is 0 Å². The summed E-state index contributed by atoms with van der Waals surface area (Å²) in [6, 6.07) is 7.35. The molecule has 0 aliphatic carbocycles. The molecule has 3 aromatic rings. The summed E-state index contributed by atoms with van der Waals surface area (Å²) >= 11 is 5.86. The van der Waals surface area contributed by atoms with Crippen LogP contribution in [0.5, 0.6) is 5.75 Å². The molecule has 0 radical (unpaired) electrons. The Morgan fingerprint density at radius 1 is 1.29 bits per heavy atom. The third-order valence-electron chi connectivity index (χ3n) is 4.11. The summed E-state index contributed by atoms with van der Waals surface area (Å²) in [6.45, 7) is 2.66. The van der Waals surface area contributed by atoms with Crippen LogP contribution in [0.4, 0.5) is 0 Å². The molecule has 0 spiro atoms. The molecule has 1 aliphatic heterocycles. The number of aromatic amines is 1. The summed E-state index contributed by atoms with van der Waals surface area (Å²) in [7, 11) is 0. The summed E-state index contributed by atoms with van der Waals surface area (Å²) in [4.78, 5) is 6.36. The van der Waals surface area contributed by atoms with E-state index in [0.717, 1.165) is 43.1 Å². The average molecular weight is 345 g/mol. The van der Waals surface area contributed by atoms with E-state index in [-0.39, 0.29) is 6.10 Å². The molecular weight excluding hydrogens is 328 g/mol. The molecule has 3 aromatic heterocycles. The molecule has 0 saturated carbocycles. The maximum atomic E-state index is 6.00. The fourth-order valence-electron chi connectivity index (χ4n) is 2.98. The number of nitrogens with zero attached hydrogens (tertiary/aromatic N) is 3. The molecule has 0 bridgehead atoms. The first-order valence-electron chi connectivity index (χ1n) is 7.85. The Kier molecular flexibility index (Phi) is 4.23. The highest BCUT2D eigenvalue weighted by molar-refractivity contribution is 6.28. The van der Waals surface area contributed by atoms with E-state index < -0.39 is 0 Å². The molecule has 7 heteroatoms. The van der Waals surface area contributed by atoms with Crippen molar-refractivity contribution in [3.05, 3.63) is 53.6 Å². The molecule has 1 N–H and O–H groups in total. The van der Waals surface area contributed by atoms with E-state index in [1.807, 2.05) is 24.4 Å². The van der Waals surface area contributed by atoms with E-state index in [1.165, 1.54) is 0 Å². The van der Waals surface area contributed by atoms with Gasteiger partial charge in [-0.2, -0.15) is 5.10 Å². The monoisotopic (exact) mass is 344 g/mol. The number of pyridine rings is 1. The van der Waals surface area contributed by atoms with Crippen LogP contribution < -0.4 is 4.74 Å². The normalized spacial score (nSPS) is 18.1. The van der Waals surface area contributed by atoms with Crippen LogP contribution >= 0.6 is 11.6 Å². The number of likely N-dealkylation sites (tertiary alicyclic amines) is 1. The zero-order valence-corrected chi connectivity index (χ0v) is 13.7. The minimum atomic E-state index is 0.195. The lowest BCUT2D eigenvalue weighted by molar-refractivity contribution is 0.198. The van der Waals surface area contributed by atoms with Gasteiger partial charge in [-0.1, -0.05) is 0 Å². The third-order valence-corrected chi connectivity index (χ3v) is 4.32. The van der Waals surface area contributed by atoms with Gasteiger partial charge in [0.25, 0.3) is 0 Å². The van der Waals surface area contributed by atoms with E-state index in [2.05, 4.69) is 20.1 Å². The summed E-state index contributed by atoms with van der Waals surface area (Å²) < 4.78 is 11.5. The van der Waals surface area contributed by atoms with E-state index in [4.69, 9.17) is 20.8 Å². The van der Waals surface area contributed by atoms with Gasteiger partial charge >= 0.3 is 0 Å². The molecule has 124 valence electrons. The lowest BCUT2D eigenvalue weighted by atomic mass is 10.2. The maximum absolute atomic E-state index is 6.00. The van der Waals surface area contributed by atoms with Gasteiger partial charge in [-0.05, 0) is 42.3 Å². The lowest BCUT2D eigenvalue weighted by Gasteiger charge is -2.16. The average Bonchev–Trinajstić information content (AvgIpc) is 3.31. The number of ether oxygens (including phenoxy) is 1. The van der Waals surface area contributed by atoms with Gasteiger partial charge in [-0.25, -0.2) is 0 Å². The minimum Gasteiger partial charge on any atom is -0.489 e. The van der Waals surface area contributed by atoms with Crippen LogP contribution in [0.3, 0.4) is 0 Å². The van der Waals surface area contributed by atoms with Crippen LogP contribution in [-0.4, -0.2) is 39.3 Å². The van der Waals surface area contributed by atoms with Crippen molar-refractivity contribution in [2.24, 2.45) is 0 Å². The first-order chi connectivity index (χ1) is 11.8. The van der Waals surface area contributed by atoms with Crippen LogP contribution in [0.2, 0.25) is 5.22 Å². The van der Waals surface area contributed by atoms with Gasteiger partial charge in [0.15, 0.2) is 11.0 Å². The number of halogens is 1. The van der Waals surface area contributed by atoms with Gasteiger partial charge in [0, 0.05) is 37.6 Å². The summed E-state index contributed by atoms with van der Waals surface area (Å²) in [6.07, 6.45) is 6.52. The second kappa shape index (κ2) is 6.67. The minimum absolute atomic E-state index is 0.195. The SMILES string of the molecule is Clc1ccc(-c2[nH]ncc2CN2CCC(Oc3ccncc3)C2)o1. The van der Waals surface area contributed by atoms with Crippen molar-refractivity contribution >= 4 is 11.6 Å². The quantitative estimate of drug-likeness (QED) is 0.768. The van der Waals surface area contributed by atoms with E-state index >= 15 is 0 Å². The predicted molar refractivity (Wildman–Crippen MR) is 89.8 cm³/mol. The first kappa shape index (κ1) is 15.2. The fraction of sp³-hybridized carbons (Fsp3) is 0.294. The maximum Gasteiger partial charge on any atom is 0.194 e. The molecule has 4 heterocycles. The summed E-state index contributed by atoms with van der Waals surface area (Å²) in [5.41, 5.74) is 1.96. The Morgan fingerprint density at radius 3 is 2.96 bits per heavy atom. The molecule has 1 atom stereocenters. The topological polar surface area (TPSA) is 67.2 Å². The third kappa shape index (κ3) is 3.29. The van der Waals surface area contributed by atoms with E-state index in [1.54, 1.807) is 18.5 Å². The number of H-pyrrole nitrogens is 1. The zero-order chi connectivity index (χ0) is 16.4. The molecule has 24 heavy (non-hydrogen) atoms. The molecule has 0 amide bonds. The molecular formula is C17H17ClN4O2. The number of hydrogen-bond donors (Lipinski definition) is 1. The molecule has 1 fully saturated rings. The van der Waals surface area contributed by atoms with Gasteiger partial charge in [-0.3, -0.25) is 15.0 Å². The van der Waals surface area contributed by atoms with Gasteiger partial charge in [0.1, 0.15) is 17.5 Å². The van der Waals surface area contributed by atoms with Gasteiger partial charge in [-0.15, -0.1) is 0 Å². The zero-order valence-electron chi connectivity index (χ0n) is 13.0. The summed E-state index contributed by atoms with van der Waals surface area (Å²) in [5, 5.41) is 7.51. The number of hydrogen-bond acceptors (Lipinski definition) is 5. The van der Waals surface area contributed by atoms with Crippen molar-refractivity contribution < 1.29 is 9.15 Å². The largest absolute Gasteiger partial charge is 0.489 e. The summed E-state index contributed by atoms with van der Waals surface area (Å²) in [5.74, 6) is 1.57.